The molecule has 0 saturated heterocycles. The molecule has 5 aromatic rings. The first-order valence-corrected chi connectivity index (χ1v) is 12.5. The summed E-state index contributed by atoms with van der Waals surface area (Å²) in [6.07, 6.45) is 2.77. The van der Waals surface area contributed by atoms with Crippen LogP contribution in [0.1, 0.15) is 78.1 Å². The molecule has 0 radical (unpaired) electrons. The lowest BCUT2D eigenvalue weighted by Gasteiger charge is -2.01. The van der Waals surface area contributed by atoms with Gasteiger partial charge in [-0.1, -0.05) is 79.3 Å². The van der Waals surface area contributed by atoms with E-state index in [1.807, 2.05) is 56.3 Å². The molecule has 2 aromatic carbocycles. The minimum Gasteiger partial charge on any atom is -0.440 e. The van der Waals surface area contributed by atoms with Gasteiger partial charge in [0.2, 0.25) is 0 Å². The molecule has 0 amide bonds. The van der Waals surface area contributed by atoms with Gasteiger partial charge >= 0.3 is 0 Å². The van der Waals surface area contributed by atoms with E-state index in [0.717, 1.165) is 34.9 Å². The van der Waals surface area contributed by atoms with E-state index in [9.17, 15) is 0 Å². The van der Waals surface area contributed by atoms with Crippen LogP contribution in [0.4, 0.5) is 5.69 Å². The van der Waals surface area contributed by atoms with Gasteiger partial charge in [0.1, 0.15) is 5.52 Å². The maximum atomic E-state index is 5.52. The van der Waals surface area contributed by atoms with Crippen LogP contribution < -0.4 is 0 Å². The predicted octanol–water partition coefficient (Wildman–Crippen LogP) is 8.90. The van der Waals surface area contributed by atoms with Gasteiger partial charge in [0.25, 0.3) is 0 Å². The molecule has 0 fully saturated rings. The van der Waals surface area contributed by atoms with Crippen molar-refractivity contribution >= 4 is 33.7 Å². The molecular weight excluding hydrogens is 460 g/mol. The number of nitrogens with zero attached hydrogens (tertiary/aromatic N) is 4. The lowest BCUT2D eigenvalue weighted by atomic mass is 10.0. The van der Waals surface area contributed by atoms with Gasteiger partial charge in [-0.15, -0.1) is 0 Å². The number of hydrogen-bond donors (Lipinski definition) is 0. The number of oxazole rings is 2. The van der Waals surface area contributed by atoms with Crippen LogP contribution in [0.15, 0.2) is 80.7 Å². The highest BCUT2D eigenvalue weighted by molar-refractivity contribution is 5.95. The summed E-state index contributed by atoms with van der Waals surface area (Å²) in [4.78, 5) is 17.2. The molecule has 6 nitrogen and oxygen atoms in total. The third-order valence-corrected chi connectivity index (χ3v) is 5.77. The van der Waals surface area contributed by atoms with Crippen molar-refractivity contribution in [2.75, 3.05) is 0 Å². The van der Waals surface area contributed by atoms with Crippen molar-refractivity contribution in [3.05, 3.63) is 84.2 Å². The second kappa shape index (κ2) is 12.4. The van der Waals surface area contributed by atoms with Crippen molar-refractivity contribution in [1.29, 1.82) is 0 Å². The van der Waals surface area contributed by atoms with Crippen LogP contribution in [0.25, 0.3) is 22.3 Å². The Morgan fingerprint density at radius 3 is 1.95 bits per heavy atom. The highest BCUT2D eigenvalue weighted by Gasteiger charge is 2.15. The van der Waals surface area contributed by atoms with E-state index < -0.39 is 0 Å². The molecule has 6 heteroatoms. The lowest BCUT2D eigenvalue weighted by molar-refractivity contribution is 0.501. The van der Waals surface area contributed by atoms with Gasteiger partial charge < -0.3 is 8.83 Å². The van der Waals surface area contributed by atoms with E-state index in [4.69, 9.17) is 8.83 Å². The summed E-state index contributed by atoms with van der Waals surface area (Å²) >= 11 is 0. The summed E-state index contributed by atoms with van der Waals surface area (Å²) in [5, 5.41) is 0. The topological polar surface area (TPSA) is 77.3 Å². The van der Waals surface area contributed by atoms with E-state index in [2.05, 4.69) is 65.8 Å². The predicted molar refractivity (Wildman–Crippen MR) is 153 cm³/mol. The van der Waals surface area contributed by atoms with E-state index in [-0.39, 0.29) is 7.43 Å². The second-order valence-corrected chi connectivity index (χ2v) is 9.77. The standard InChI is InChI=1S/C11H13N.C10H11NO.C9H10N2O.CH4/c1-8(2)11-7-9-5-3-4-6-10(9)12-11;1-7(2)10-11-8-5-3-4-6-9(8)12-10;1-6(2)9-11-8-7(12-9)4-3-5-10-8;/h3-6,8H,7H2,1-2H3;3-7H,1-2H3;3-6H,1-2H3;1H4. The second-order valence-electron chi connectivity index (χ2n) is 9.77. The SMILES string of the molecule is C.CC(C)C1=Nc2ccccc2C1.CC(C)c1nc2ccccc2o1.CC(C)c1nc2ncccc2o1. The van der Waals surface area contributed by atoms with Crippen molar-refractivity contribution in [3.8, 4) is 0 Å². The molecule has 6 rings (SSSR count). The molecule has 3 aromatic heterocycles. The van der Waals surface area contributed by atoms with Gasteiger partial charge in [-0.3, -0.25) is 4.99 Å². The maximum Gasteiger partial charge on any atom is 0.199 e. The number of pyridine rings is 1. The van der Waals surface area contributed by atoms with Gasteiger partial charge in [-0.25, -0.2) is 9.97 Å². The number of benzene rings is 2. The van der Waals surface area contributed by atoms with Gasteiger partial charge in [0.05, 0.1) is 5.69 Å². The summed E-state index contributed by atoms with van der Waals surface area (Å²) in [5.74, 6) is 2.83. The fourth-order valence-electron chi connectivity index (χ4n) is 3.66. The molecule has 0 unspecified atom stereocenters. The number of aliphatic imine (C=N–C) groups is 1. The Kier molecular flexibility index (Phi) is 9.34. The summed E-state index contributed by atoms with van der Waals surface area (Å²) in [7, 11) is 0. The highest BCUT2D eigenvalue weighted by Crippen LogP contribution is 2.28. The minimum atomic E-state index is 0. The number of rotatable bonds is 3. The third-order valence-electron chi connectivity index (χ3n) is 5.77. The van der Waals surface area contributed by atoms with Crippen LogP contribution in [0.5, 0.6) is 0 Å². The smallest absolute Gasteiger partial charge is 0.199 e. The first kappa shape index (κ1) is 27.8. The number of para-hydroxylation sites is 3. The van der Waals surface area contributed by atoms with Crippen molar-refractivity contribution in [2.45, 2.75) is 67.2 Å². The minimum absolute atomic E-state index is 0. The molecule has 1 aliphatic rings. The van der Waals surface area contributed by atoms with Crippen LogP contribution in [-0.2, 0) is 6.42 Å². The van der Waals surface area contributed by atoms with Crippen LogP contribution in [-0.4, -0.2) is 20.7 Å². The van der Waals surface area contributed by atoms with E-state index in [1.54, 1.807) is 6.20 Å². The van der Waals surface area contributed by atoms with Gasteiger partial charge in [0, 0.05) is 30.2 Å². The molecule has 0 aliphatic carbocycles. The Morgan fingerprint density at radius 1 is 0.676 bits per heavy atom. The summed E-state index contributed by atoms with van der Waals surface area (Å²) in [6, 6.07) is 19.9. The Balaban J connectivity index is 0.000000152. The van der Waals surface area contributed by atoms with E-state index in [1.165, 1.54) is 17.0 Å². The maximum absolute atomic E-state index is 5.52. The summed E-state index contributed by atoms with van der Waals surface area (Å²) in [5.41, 5.74) is 7.14. The molecular formula is C31H38N4O2. The summed E-state index contributed by atoms with van der Waals surface area (Å²) < 4.78 is 11.0. The quantitative estimate of drug-likeness (QED) is 0.248. The fraction of sp³-hybridized carbons (Fsp3) is 0.355. The molecule has 0 bridgehead atoms. The third kappa shape index (κ3) is 6.91. The Morgan fingerprint density at radius 2 is 1.30 bits per heavy atom. The van der Waals surface area contributed by atoms with Crippen molar-refractivity contribution in [3.63, 3.8) is 0 Å². The number of hydrogen-bond acceptors (Lipinski definition) is 6. The van der Waals surface area contributed by atoms with Crippen LogP contribution in [0.3, 0.4) is 0 Å². The fourth-order valence-corrected chi connectivity index (χ4v) is 3.66. The molecule has 1 aliphatic heterocycles. The molecule has 0 N–H and O–H groups in total. The zero-order chi connectivity index (χ0) is 25.7. The van der Waals surface area contributed by atoms with E-state index >= 15 is 0 Å². The highest BCUT2D eigenvalue weighted by atomic mass is 16.4. The van der Waals surface area contributed by atoms with Gasteiger partial charge in [-0.05, 0) is 41.8 Å². The molecule has 0 spiro atoms. The Hall–Kier alpha value is -3.80. The van der Waals surface area contributed by atoms with Crippen molar-refractivity contribution < 1.29 is 8.83 Å². The molecule has 0 atom stereocenters. The van der Waals surface area contributed by atoms with Crippen molar-refractivity contribution in [1.82, 2.24) is 15.0 Å². The number of fused-ring (bicyclic) bond motifs is 3. The largest absolute Gasteiger partial charge is 0.440 e. The lowest BCUT2D eigenvalue weighted by Crippen LogP contribution is -2.06. The van der Waals surface area contributed by atoms with Crippen LogP contribution in [0, 0.1) is 5.92 Å². The summed E-state index contributed by atoms with van der Waals surface area (Å²) in [6.45, 7) is 12.6. The Labute approximate surface area is 219 Å². The zero-order valence-corrected chi connectivity index (χ0v) is 21.9. The molecule has 4 heterocycles. The van der Waals surface area contributed by atoms with Crippen LogP contribution >= 0.6 is 0 Å². The zero-order valence-electron chi connectivity index (χ0n) is 21.9. The van der Waals surface area contributed by atoms with Gasteiger partial charge in [-0.2, -0.15) is 4.98 Å². The first-order chi connectivity index (χ1) is 17.3. The molecule has 0 saturated carbocycles. The normalized spacial score (nSPS) is 12.1. The van der Waals surface area contributed by atoms with E-state index in [0.29, 0.717) is 23.4 Å². The first-order valence-electron chi connectivity index (χ1n) is 12.5. The van der Waals surface area contributed by atoms with Gasteiger partial charge in [0.15, 0.2) is 28.6 Å². The van der Waals surface area contributed by atoms with Crippen molar-refractivity contribution in [2.24, 2.45) is 10.9 Å². The average molecular weight is 499 g/mol. The Bertz CT molecular complexity index is 1320. The van der Waals surface area contributed by atoms with Crippen LogP contribution in [0.2, 0.25) is 0 Å². The average Bonchev–Trinajstić information content (AvgIpc) is 3.61. The molecule has 37 heavy (non-hydrogen) atoms. The molecule has 194 valence electrons. The number of aromatic nitrogens is 3. The monoisotopic (exact) mass is 498 g/mol.